The molecule has 0 aromatic rings. The summed E-state index contributed by atoms with van der Waals surface area (Å²) in [5.74, 6) is 0. The lowest BCUT2D eigenvalue weighted by atomic mass is 10.1. The van der Waals surface area contributed by atoms with Gasteiger partial charge in [-0.15, -0.1) is 0 Å². The van der Waals surface area contributed by atoms with Crippen LogP contribution in [0.15, 0.2) is 0 Å². The standard InChI is InChI=1S/C10H19NO2/c1-12-8-9-4-7-13-10(11-9)5-2-3-6-10/h9,11H,2-8H2,1H3. The first-order valence-electron chi connectivity index (χ1n) is 5.25. The van der Waals surface area contributed by atoms with E-state index in [1.165, 1.54) is 25.7 Å². The van der Waals surface area contributed by atoms with Crippen LogP contribution in [0.4, 0.5) is 0 Å². The third-order valence-corrected chi connectivity index (χ3v) is 3.09. The third-order valence-electron chi connectivity index (χ3n) is 3.09. The van der Waals surface area contributed by atoms with Gasteiger partial charge in [0.15, 0.2) is 0 Å². The number of methoxy groups -OCH3 is 1. The number of nitrogens with one attached hydrogen (secondary N) is 1. The van der Waals surface area contributed by atoms with E-state index in [9.17, 15) is 0 Å². The molecular weight excluding hydrogens is 166 g/mol. The maximum atomic E-state index is 5.84. The van der Waals surface area contributed by atoms with Crippen LogP contribution in [0.3, 0.4) is 0 Å². The van der Waals surface area contributed by atoms with Crippen LogP contribution < -0.4 is 5.32 Å². The van der Waals surface area contributed by atoms with Gasteiger partial charge in [-0.25, -0.2) is 0 Å². The second-order valence-electron chi connectivity index (χ2n) is 4.14. The normalized spacial score (nSPS) is 32.5. The molecule has 2 aliphatic rings. The van der Waals surface area contributed by atoms with Gasteiger partial charge in [0.25, 0.3) is 0 Å². The molecule has 1 spiro atoms. The Labute approximate surface area is 79.8 Å². The molecule has 0 aromatic heterocycles. The Balaban J connectivity index is 1.90. The highest BCUT2D eigenvalue weighted by atomic mass is 16.5. The fourth-order valence-corrected chi connectivity index (χ4v) is 2.44. The molecular formula is C10H19NO2. The first-order chi connectivity index (χ1) is 6.35. The number of ether oxygens (including phenoxy) is 2. The van der Waals surface area contributed by atoms with Gasteiger partial charge >= 0.3 is 0 Å². The Hall–Kier alpha value is -0.120. The van der Waals surface area contributed by atoms with Crippen molar-refractivity contribution in [3.8, 4) is 0 Å². The van der Waals surface area contributed by atoms with Crippen molar-refractivity contribution in [1.82, 2.24) is 5.32 Å². The van der Waals surface area contributed by atoms with Gasteiger partial charge in [0, 0.05) is 13.2 Å². The van der Waals surface area contributed by atoms with Crippen LogP contribution in [0.1, 0.15) is 32.1 Å². The van der Waals surface area contributed by atoms with Crippen LogP contribution in [-0.4, -0.2) is 32.1 Å². The van der Waals surface area contributed by atoms with E-state index >= 15 is 0 Å². The summed E-state index contributed by atoms with van der Waals surface area (Å²) in [7, 11) is 1.76. The molecule has 76 valence electrons. The quantitative estimate of drug-likeness (QED) is 0.703. The van der Waals surface area contributed by atoms with Gasteiger partial charge in [-0.1, -0.05) is 0 Å². The summed E-state index contributed by atoms with van der Waals surface area (Å²) in [5, 5.41) is 3.58. The summed E-state index contributed by atoms with van der Waals surface area (Å²) >= 11 is 0. The molecule has 1 saturated heterocycles. The molecule has 2 rings (SSSR count). The molecule has 13 heavy (non-hydrogen) atoms. The van der Waals surface area contributed by atoms with E-state index in [1.54, 1.807) is 7.11 Å². The molecule has 0 aromatic carbocycles. The zero-order chi connectivity index (χ0) is 9.15. The smallest absolute Gasteiger partial charge is 0.119 e. The molecule has 3 heteroatoms. The molecule has 1 aliphatic heterocycles. The van der Waals surface area contributed by atoms with Gasteiger partial charge in [0.2, 0.25) is 0 Å². The van der Waals surface area contributed by atoms with Gasteiger partial charge in [0.05, 0.1) is 13.2 Å². The van der Waals surface area contributed by atoms with Crippen LogP contribution in [0.25, 0.3) is 0 Å². The average molecular weight is 185 g/mol. The first kappa shape index (κ1) is 9.44. The summed E-state index contributed by atoms with van der Waals surface area (Å²) in [6.45, 7) is 1.70. The van der Waals surface area contributed by atoms with Crippen molar-refractivity contribution < 1.29 is 9.47 Å². The molecule has 3 nitrogen and oxygen atoms in total. The Morgan fingerprint density at radius 3 is 2.92 bits per heavy atom. The lowest BCUT2D eigenvalue weighted by Gasteiger charge is -2.39. The maximum Gasteiger partial charge on any atom is 0.119 e. The number of rotatable bonds is 2. The minimum atomic E-state index is 0.0153. The predicted octanol–water partition coefficient (Wildman–Crippen LogP) is 1.28. The van der Waals surface area contributed by atoms with Crippen LogP contribution in [0, 0.1) is 0 Å². The Morgan fingerprint density at radius 2 is 2.23 bits per heavy atom. The molecule has 1 heterocycles. The summed E-state index contributed by atoms with van der Waals surface area (Å²) in [6, 6.07) is 0.497. The van der Waals surface area contributed by atoms with Crippen molar-refractivity contribution in [3.63, 3.8) is 0 Å². The van der Waals surface area contributed by atoms with Crippen molar-refractivity contribution >= 4 is 0 Å². The van der Waals surface area contributed by atoms with E-state index in [2.05, 4.69) is 5.32 Å². The molecule has 1 atom stereocenters. The van der Waals surface area contributed by atoms with E-state index in [0.29, 0.717) is 6.04 Å². The van der Waals surface area contributed by atoms with Gasteiger partial charge in [0.1, 0.15) is 5.72 Å². The minimum Gasteiger partial charge on any atom is -0.383 e. The molecule has 0 amide bonds. The van der Waals surface area contributed by atoms with Crippen LogP contribution >= 0.6 is 0 Å². The Morgan fingerprint density at radius 1 is 1.46 bits per heavy atom. The lowest BCUT2D eigenvalue weighted by molar-refractivity contribution is -0.112. The second kappa shape index (κ2) is 3.95. The summed E-state index contributed by atoms with van der Waals surface area (Å²) < 4.78 is 11.0. The average Bonchev–Trinajstić information content (AvgIpc) is 2.54. The molecule has 1 N–H and O–H groups in total. The highest BCUT2D eigenvalue weighted by Gasteiger charge is 2.39. The van der Waals surface area contributed by atoms with E-state index in [-0.39, 0.29) is 5.72 Å². The van der Waals surface area contributed by atoms with Crippen molar-refractivity contribution in [2.24, 2.45) is 0 Å². The van der Waals surface area contributed by atoms with E-state index < -0.39 is 0 Å². The van der Waals surface area contributed by atoms with Crippen molar-refractivity contribution in [2.45, 2.75) is 43.9 Å². The first-order valence-corrected chi connectivity index (χ1v) is 5.25. The second-order valence-corrected chi connectivity index (χ2v) is 4.14. The molecule has 0 bridgehead atoms. The predicted molar refractivity (Wildman–Crippen MR) is 50.6 cm³/mol. The van der Waals surface area contributed by atoms with Gasteiger partial charge in [-0.05, 0) is 32.1 Å². The highest BCUT2D eigenvalue weighted by Crippen LogP contribution is 2.33. The maximum absolute atomic E-state index is 5.84. The summed E-state index contributed by atoms with van der Waals surface area (Å²) in [5.41, 5.74) is 0.0153. The molecule has 1 aliphatic carbocycles. The van der Waals surface area contributed by atoms with Crippen LogP contribution in [-0.2, 0) is 9.47 Å². The highest BCUT2D eigenvalue weighted by molar-refractivity contribution is 4.90. The summed E-state index contributed by atoms with van der Waals surface area (Å²) in [4.78, 5) is 0. The molecule has 1 saturated carbocycles. The molecule has 2 fully saturated rings. The van der Waals surface area contributed by atoms with Gasteiger partial charge in [-0.2, -0.15) is 0 Å². The lowest BCUT2D eigenvalue weighted by Crippen LogP contribution is -2.56. The SMILES string of the molecule is COCC1CCOC2(CCCC2)N1. The topological polar surface area (TPSA) is 30.5 Å². The minimum absolute atomic E-state index is 0.0153. The van der Waals surface area contributed by atoms with Crippen LogP contribution in [0.5, 0.6) is 0 Å². The largest absolute Gasteiger partial charge is 0.383 e. The van der Waals surface area contributed by atoms with Crippen molar-refractivity contribution in [1.29, 1.82) is 0 Å². The van der Waals surface area contributed by atoms with E-state index in [1.807, 2.05) is 0 Å². The number of hydrogen-bond donors (Lipinski definition) is 1. The Kier molecular flexibility index (Phi) is 2.86. The summed E-state index contributed by atoms with van der Waals surface area (Å²) in [6.07, 6.45) is 6.02. The zero-order valence-electron chi connectivity index (χ0n) is 8.34. The monoisotopic (exact) mass is 185 g/mol. The third kappa shape index (κ3) is 2.03. The van der Waals surface area contributed by atoms with E-state index in [4.69, 9.17) is 9.47 Å². The number of hydrogen-bond acceptors (Lipinski definition) is 3. The molecule has 0 radical (unpaired) electrons. The fraction of sp³-hybridized carbons (Fsp3) is 1.00. The van der Waals surface area contributed by atoms with E-state index in [0.717, 1.165) is 19.6 Å². The van der Waals surface area contributed by atoms with Gasteiger partial charge < -0.3 is 9.47 Å². The zero-order valence-corrected chi connectivity index (χ0v) is 8.34. The van der Waals surface area contributed by atoms with Crippen molar-refractivity contribution in [2.75, 3.05) is 20.3 Å². The van der Waals surface area contributed by atoms with Crippen LogP contribution in [0.2, 0.25) is 0 Å². The van der Waals surface area contributed by atoms with Crippen molar-refractivity contribution in [3.05, 3.63) is 0 Å². The van der Waals surface area contributed by atoms with Gasteiger partial charge in [-0.3, -0.25) is 5.32 Å². The Bertz CT molecular complexity index is 164. The molecule has 1 unspecified atom stereocenters. The fourth-order valence-electron chi connectivity index (χ4n) is 2.44.